The number of ether oxygens (including phenoxy) is 4. The van der Waals surface area contributed by atoms with Crippen LogP contribution in [0.3, 0.4) is 0 Å². The van der Waals surface area contributed by atoms with Gasteiger partial charge in [0, 0.05) is 13.2 Å². The zero-order chi connectivity index (χ0) is 13.6. The Morgan fingerprint density at radius 3 is 1.63 bits per heavy atom. The van der Waals surface area contributed by atoms with Gasteiger partial charge in [0.05, 0.1) is 38.9 Å². The first-order valence-electron chi connectivity index (χ1n) is 6.94. The first kappa shape index (κ1) is 15.4. The van der Waals surface area contributed by atoms with Crippen LogP contribution in [0.15, 0.2) is 0 Å². The van der Waals surface area contributed by atoms with Gasteiger partial charge in [0.25, 0.3) is 0 Å². The molecule has 0 radical (unpaired) electrons. The highest BCUT2D eigenvalue weighted by molar-refractivity contribution is 6.67. The van der Waals surface area contributed by atoms with Crippen molar-refractivity contribution in [2.75, 3.05) is 52.1 Å². The predicted octanol–water partition coefficient (Wildman–Crippen LogP) is 0.411. The Hall–Kier alpha value is -0.0231. The Kier molecular flexibility index (Phi) is 6.21. The van der Waals surface area contributed by atoms with Crippen LogP contribution in [0, 0.1) is 0 Å². The second-order valence-corrected chi connectivity index (χ2v) is 7.69. The summed E-state index contributed by atoms with van der Waals surface area (Å²) in [4.78, 5) is 0. The SMILES string of the molecule is CCO[Si](COCC1CO1)(COCC1CO1)OCC. The number of hydrogen-bond acceptors (Lipinski definition) is 6. The highest BCUT2D eigenvalue weighted by Gasteiger charge is 2.40. The lowest BCUT2D eigenvalue weighted by molar-refractivity contribution is 0.0607. The van der Waals surface area contributed by atoms with Crippen molar-refractivity contribution in [2.45, 2.75) is 26.1 Å². The second kappa shape index (κ2) is 7.68. The van der Waals surface area contributed by atoms with Crippen molar-refractivity contribution < 1.29 is 27.8 Å². The van der Waals surface area contributed by atoms with Crippen molar-refractivity contribution in [3.05, 3.63) is 0 Å². The Morgan fingerprint density at radius 2 is 1.32 bits per heavy atom. The maximum atomic E-state index is 5.86. The third-order valence-electron chi connectivity index (χ3n) is 2.87. The number of epoxide rings is 2. The van der Waals surface area contributed by atoms with Gasteiger partial charge in [-0.25, -0.2) is 0 Å². The Labute approximate surface area is 115 Å². The van der Waals surface area contributed by atoms with Crippen molar-refractivity contribution in [3.63, 3.8) is 0 Å². The molecule has 2 rings (SSSR count). The summed E-state index contributed by atoms with van der Waals surface area (Å²) in [5.41, 5.74) is 0. The average Bonchev–Trinajstić information content (AvgIpc) is 3.25. The van der Waals surface area contributed by atoms with Crippen molar-refractivity contribution in [3.8, 4) is 0 Å². The first-order chi connectivity index (χ1) is 9.28. The van der Waals surface area contributed by atoms with Gasteiger partial charge in [0.2, 0.25) is 0 Å². The molecule has 2 heterocycles. The van der Waals surface area contributed by atoms with Gasteiger partial charge in [0.1, 0.15) is 12.2 Å². The van der Waals surface area contributed by atoms with Gasteiger partial charge in [-0.15, -0.1) is 0 Å². The summed E-state index contributed by atoms with van der Waals surface area (Å²) in [6.07, 6.45) is 1.49. The first-order valence-corrected chi connectivity index (χ1v) is 9.17. The van der Waals surface area contributed by atoms with E-state index in [9.17, 15) is 0 Å². The summed E-state index contributed by atoms with van der Waals surface area (Å²) in [5.74, 6) is 0. The molecule has 0 amide bonds. The van der Waals surface area contributed by atoms with Crippen molar-refractivity contribution >= 4 is 8.56 Å². The Morgan fingerprint density at radius 1 is 0.895 bits per heavy atom. The topological polar surface area (TPSA) is 62.0 Å². The molecule has 0 aromatic heterocycles. The molecule has 112 valence electrons. The van der Waals surface area contributed by atoms with E-state index in [2.05, 4.69) is 0 Å². The highest BCUT2D eigenvalue weighted by atomic mass is 28.4. The molecule has 0 saturated carbocycles. The lowest BCUT2D eigenvalue weighted by Gasteiger charge is -2.29. The van der Waals surface area contributed by atoms with Gasteiger partial charge < -0.3 is 27.8 Å². The van der Waals surface area contributed by atoms with Crippen LogP contribution in [0.2, 0.25) is 0 Å². The molecule has 2 aliphatic rings. The minimum absolute atomic E-state index is 0.260. The molecule has 0 aromatic rings. The molecule has 2 unspecified atom stereocenters. The van der Waals surface area contributed by atoms with Crippen LogP contribution in [0.25, 0.3) is 0 Å². The molecule has 0 aliphatic carbocycles. The van der Waals surface area contributed by atoms with Crippen molar-refractivity contribution in [1.82, 2.24) is 0 Å². The Bertz CT molecular complexity index is 231. The van der Waals surface area contributed by atoms with E-state index in [1.807, 2.05) is 13.8 Å². The van der Waals surface area contributed by atoms with E-state index in [1.165, 1.54) is 0 Å². The van der Waals surface area contributed by atoms with E-state index in [0.29, 0.717) is 38.9 Å². The largest absolute Gasteiger partial charge is 0.392 e. The summed E-state index contributed by atoms with van der Waals surface area (Å²) in [6, 6.07) is 0. The van der Waals surface area contributed by atoms with Gasteiger partial charge in [-0.05, 0) is 13.8 Å². The molecule has 0 spiro atoms. The van der Waals surface area contributed by atoms with E-state index in [0.717, 1.165) is 13.2 Å². The minimum Gasteiger partial charge on any atom is -0.392 e. The monoisotopic (exact) mass is 292 g/mol. The maximum absolute atomic E-state index is 5.86. The lowest BCUT2D eigenvalue weighted by Crippen LogP contribution is -2.52. The fourth-order valence-electron chi connectivity index (χ4n) is 1.80. The molecule has 0 bridgehead atoms. The standard InChI is InChI=1S/C12H24O6Si/c1-3-17-19(18-4-2,9-13-5-11-7-15-11)10-14-6-12-8-16-12/h11-12H,3-10H2,1-2H3. The molecule has 0 N–H and O–H groups in total. The Balaban J connectivity index is 1.75. The minimum atomic E-state index is -2.43. The molecular formula is C12H24O6Si. The summed E-state index contributed by atoms with van der Waals surface area (Å²) in [7, 11) is -2.43. The van der Waals surface area contributed by atoms with Crippen LogP contribution in [0.1, 0.15) is 13.8 Å². The van der Waals surface area contributed by atoms with Gasteiger partial charge in [-0.1, -0.05) is 0 Å². The smallest absolute Gasteiger partial charge is 0.391 e. The zero-order valence-electron chi connectivity index (χ0n) is 11.8. The van der Waals surface area contributed by atoms with E-state index in [4.69, 9.17) is 27.8 Å². The molecule has 7 heteroatoms. The molecule has 19 heavy (non-hydrogen) atoms. The van der Waals surface area contributed by atoms with Crippen LogP contribution in [0.4, 0.5) is 0 Å². The van der Waals surface area contributed by atoms with Gasteiger partial charge in [-0.2, -0.15) is 0 Å². The molecule has 2 saturated heterocycles. The molecule has 2 aliphatic heterocycles. The summed E-state index contributed by atoms with van der Waals surface area (Å²) in [5, 5.41) is 0. The van der Waals surface area contributed by atoms with Gasteiger partial charge in [-0.3, -0.25) is 0 Å². The fourth-order valence-corrected chi connectivity index (χ4v) is 4.21. The summed E-state index contributed by atoms with van der Waals surface area (Å²) < 4.78 is 33.3. The predicted molar refractivity (Wildman–Crippen MR) is 70.1 cm³/mol. The molecule has 6 nitrogen and oxygen atoms in total. The van der Waals surface area contributed by atoms with Crippen molar-refractivity contribution in [1.29, 1.82) is 0 Å². The molecular weight excluding hydrogens is 268 g/mol. The fraction of sp³-hybridized carbons (Fsp3) is 1.00. The number of rotatable bonds is 12. The quantitative estimate of drug-likeness (QED) is 0.383. The number of hydrogen-bond donors (Lipinski definition) is 0. The van der Waals surface area contributed by atoms with E-state index in [1.54, 1.807) is 0 Å². The van der Waals surface area contributed by atoms with Crippen molar-refractivity contribution in [2.24, 2.45) is 0 Å². The van der Waals surface area contributed by atoms with E-state index in [-0.39, 0.29) is 12.2 Å². The van der Waals surface area contributed by atoms with Crippen LogP contribution in [-0.4, -0.2) is 72.9 Å². The van der Waals surface area contributed by atoms with Crippen LogP contribution < -0.4 is 0 Å². The molecule has 2 atom stereocenters. The lowest BCUT2D eigenvalue weighted by atomic mass is 10.5. The summed E-state index contributed by atoms with van der Waals surface area (Å²) >= 11 is 0. The second-order valence-electron chi connectivity index (χ2n) is 4.72. The third kappa shape index (κ3) is 5.86. The zero-order valence-corrected chi connectivity index (χ0v) is 12.8. The highest BCUT2D eigenvalue weighted by Crippen LogP contribution is 2.15. The maximum Gasteiger partial charge on any atom is 0.391 e. The van der Waals surface area contributed by atoms with Gasteiger partial charge >= 0.3 is 8.56 Å². The van der Waals surface area contributed by atoms with E-state index < -0.39 is 8.56 Å². The van der Waals surface area contributed by atoms with Gasteiger partial charge in [0.15, 0.2) is 0 Å². The molecule has 0 aromatic carbocycles. The average molecular weight is 292 g/mol. The van der Waals surface area contributed by atoms with Crippen LogP contribution >= 0.6 is 0 Å². The normalized spacial score (nSPS) is 25.6. The van der Waals surface area contributed by atoms with Crippen LogP contribution in [-0.2, 0) is 27.8 Å². The molecule has 2 fully saturated rings. The van der Waals surface area contributed by atoms with Crippen LogP contribution in [0.5, 0.6) is 0 Å². The third-order valence-corrected chi connectivity index (χ3v) is 5.79. The summed E-state index contributed by atoms with van der Waals surface area (Å²) in [6.45, 7) is 7.98. The van der Waals surface area contributed by atoms with E-state index >= 15 is 0 Å².